The van der Waals surface area contributed by atoms with Gasteiger partial charge in [-0.2, -0.15) is 0 Å². The molecule has 0 aliphatic carbocycles. The Balaban J connectivity index is 1.56. The number of hydrogen-bond donors (Lipinski definition) is 1. The number of hydrogen-bond acceptors (Lipinski definition) is 5. The molecule has 4 rings (SSSR count). The van der Waals surface area contributed by atoms with Crippen molar-refractivity contribution in [2.45, 2.75) is 18.9 Å². The molecule has 0 bridgehead atoms. The smallest absolute Gasteiger partial charge is 0.227 e. The molecule has 3 aromatic rings. The highest BCUT2D eigenvalue weighted by Crippen LogP contribution is 2.39. The van der Waals surface area contributed by atoms with Gasteiger partial charge in [-0.05, 0) is 23.8 Å². The molecular weight excluding hydrogens is 430 g/mol. The van der Waals surface area contributed by atoms with E-state index in [2.05, 4.69) is 10.3 Å². The fourth-order valence-electron chi connectivity index (χ4n) is 4.41. The second-order valence-electron chi connectivity index (χ2n) is 8.32. The Morgan fingerprint density at radius 3 is 2.50 bits per heavy atom. The van der Waals surface area contributed by atoms with Crippen molar-refractivity contribution >= 4 is 11.8 Å². The van der Waals surface area contributed by atoms with E-state index in [4.69, 9.17) is 9.47 Å². The number of amides is 2. The van der Waals surface area contributed by atoms with E-state index in [1.54, 1.807) is 25.3 Å². The van der Waals surface area contributed by atoms with Crippen LogP contribution in [0.15, 0.2) is 72.9 Å². The molecule has 1 aromatic heterocycles. The highest BCUT2D eigenvalue weighted by atomic mass is 16.5. The molecule has 7 nitrogen and oxygen atoms in total. The third-order valence-electron chi connectivity index (χ3n) is 6.22. The third-order valence-corrected chi connectivity index (χ3v) is 6.22. The van der Waals surface area contributed by atoms with Crippen LogP contribution in [0.1, 0.15) is 22.7 Å². The lowest BCUT2D eigenvalue weighted by atomic mass is 9.87. The minimum Gasteiger partial charge on any atom is -0.497 e. The molecule has 1 aliphatic rings. The van der Waals surface area contributed by atoms with E-state index in [0.29, 0.717) is 37.6 Å². The SMILES string of the molecule is COc1ccc([C@H]2CN(C(=O)Cc3ccccc3)C[C@@H]2C(=O)NCc2ccccn2)c(OC)c1. The molecule has 7 heteroatoms. The van der Waals surface area contributed by atoms with E-state index < -0.39 is 5.92 Å². The summed E-state index contributed by atoms with van der Waals surface area (Å²) < 4.78 is 11.0. The van der Waals surface area contributed by atoms with Crippen LogP contribution in [-0.4, -0.2) is 49.0 Å². The number of methoxy groups -OCH3 is 2. The van der Waals surface area contributed by atoms with Gasteiger partial charge < -0.3 is 19.7 Å². The molecule has 1 N–H and O–H groups in total. The van der Waals surface area contributed by atoms with Gasteiger partial charge in [0.25, 0.3) is 0 Å². The minimum atomic E-state index is -0.411. The van der Waals surface area contributed by atoms with E-state index in [0.717, 1.165) is 16.8 Å². The maximum atomic E-state index is 13.3. The maximum absolute atomic E-state index is 13.3. The number of rotatable bonds is 8. The van der Waals surface area contributed by atoms with Gasteiger partial charge in [0.05, 0.1) is 38.8 Å². The first-order valence-corrected chi connectivity index (χ1v) is 11.3. The lowest BCUT2D eigenvalue weighted by Gasteiger charge is -2.21. The number of likely N-dealkylation sites (tertiary alicyclic amines) is 1. The molecule has 1 saturated heterocycles. The molecule has 1 fully saturated rings. The number of pyridine rings is 1. The molecule has 1 aliphatic heterocycles. The van der Waals surface area contributed by atoms with Crippen molar-refractivity contribution in [1.82, 2.24) is 15.2 Å². The molecule has 2 aromatic carbocycles. The van der Waals surface area contributed by atoms with Gasteiger partial charge in [-0.3, -0.25) is 14.6 Å². The minimum absolute atomic E-state index is 0.00343. The zero-order valence-electron chi connectivity index (χ0n) is 19.4. The monoisotopic (exact) mass is 459 g/mol. The zero-order valence-corrected chi connectivity index (χ0v) is 19.4. The number of carbonyl (C=O) groups is 2. The number of nitrogens with zero attached hydrogens (tertiary/aromatic N) is 2. The average molecular weight is 460 g/mol. The van der Waals surface area contributed by atoms with Crippen molar-refractivity contribution < 1.29 is 19.1 Å². The second-order valence-corrected chi connectivity index (χ2v) is 8.32. The Morgan fingerprint density at radius 1 is 1.00 bits per heavy atom. The van der Waals surface area contributed by atoms with Crippen LogP contribution in [0.5, 0.6) is 11.5 Å². The van der Waals surface area contributed by atoms with Gasteiger partial charge in [0.1, 0.15) is 11.5 Å². The van der Waals surface area contributed by atoms with Crippen LogP contribution in [0, 0.1) is 5.92 Å². The van der Waals surface area contributed by atoms with Crippen molar-refractivity contribution in [2.75, 3.05) is 27.3 Å². The number of nitrogens with one attached hydrogen (secondary N) is 1. The molecule has 176 valence electrons. The quantitative estimate of drug-likeness (QED) is 0.560. The summed E-state index contributed by atoms with van der Waals surface area (Å²) in [7, 11) is 3.20. The van der Waals surface area contributed by atoms with Gasteiger partial charge in [0, 0.05) is 36.8 Å². The molecular formula is C27H29N3O4. The summed E-state index contributed by atoms with van der Waals surface area (Å²) in [5, 5.41) is 3.00. The van der Waals surface area contributed by atoms with Crippen molar-refractivity contribution in [1.29, 1.82) is 0 Å². The summed E-state index contributed by atoms with van der Waals surface area (Å²) in [4.78, 5) is 32.5. The molecule has 2 heterocycles. The van der Waals surface area contributed by atoms with E-state index in [1.807, 2.05) is 66.7 Å². The molecule has 0 unspecified atom stereocenters. The van der Waals surface area contributed by atoms with Crippen LogP contribution in [-0.2, 0) is 22.6 Å². The Kier molecular flexibility index (Phi) is 7.42. The number of carbonyl (C=O) groups excluding carboxylic acids is 2. The Morgan fingerprint density at radius 2 is 1.79 bits per heavy atom. The third kappa shape index (κ3) is 5.36. The maximum Gasteiger partial charge on any atom is 0.227 e. The number of benzene rings is 2. The van der Waals surface area contributed by atoms with Crippen LogP contribution < -0.4 is 14.8 Å². The summed E-state index contributed by atoms with van der Waals surface area (Å²) in [6, 6.07) is 20.8. The zero-order chi connectivity index (χ0) is 23.9. The average Bonchev–Trinajstić information content (AvgIpc) is 3.33. The molecule has 34 heavy (non-hydrogen) atoms. The van der Waals surface area contributed by atoms with E-state index >= 15 is 0 Å². The fourth-order valence-corrected chi connectivity index (χ4v) is 4.41. The first kappa shape index (κ1) is 23.3. The summed E-state index contributed by atoms with van der Waals surface area (Å²) in [5.41, 5.74) is 2.62. The second kappa shape index (κ2) is 10.8. The highest BCUT2D eigenvalue weighted by molar-refractivity contribution is 5.84. The highest BCUT2D eigenvalue weighted by Gasteiger charge is 2.41. The van der Waals surface area contributed by atoms with Crippen molar-refractivity contribution in [3.05, 3.63) is 89.7 Å². The Labute approximate surface area is 199 Å². The molecule has 0 radical (unpaired) electrons. The van der Waals surface area contributed by atoms with Crippen LogP contribution in [0.25, 0.3) is 0 Å². The molecule has 0 saturated carbocycles. The number of ether oxygens (including phenoxy) is 2. The summed E-state index contributed by atoms with van der Waals surface area (Å²) in [6.07, 6.45) is 2.00. The van der Waals surface area contributed by atoms with E-state index in [-0.39, 0.29) is 17.7 Å². The van der Waals surface area contributed by atoms with Crippen LogP contribution in [0.2, 0.25) is 0 Å². The number of aromatic nitrogens is 1. The van der Waals surface area contributed by atoms with Crippen LogP contribution in [0.4, 0.5) is 0 Å². The lowest BCUT2D eigenvalue weighted by Crippen LogP contribution is -2.35. The topological polar surface area (TPSA) is 80.8 Å². The first-order valence-electron chi connectivity index (χ1n) is 11.3. The standard InChI is InChI=1S/C27H29N3O4/c1-33-21-11-12-22(25(15-21)34-2)23-17-30(26(31)14-19-8-4-3-5-9-19)18-24(23)27(32)29-16-20-10-6-7-13-28-20/h3-13,15,23-24H,14,16-18H2,1-2H3,(H,29,32)/t23-,24+/m1/s1. The summed E-state index contributed by atoms with van der Waals surface area (Å²) >= 11 is 0. The molecule has 2 atom stereocenters. The van der Waals surface area contributed by atoms with Crippen molar-refractivity contribution in [3.63, 3.8) is 0 Å². The van der Waals surface area contributed by atoms with E-state index in [1.165, 1.54) is 0 Å². The van der Waals surface area contributed by atoms with Crippen LogP contribution in [0.3, 0.4) is 0 Å². The molecule has 0 spiro atoms. The van der Waals surface area contributed by atoms with E-state index in [9.17, 15) is 9.59 Å². The Bertz CT molecular complexity index is 1120. The molecule has 2 amide bonds. The van der Waals surface area contributed by atoms with Crippen molar-refractivity contribution in [3.8, 4) is 11.5 Å². The summed E-state index contributed by atoms with van der Waals surface area (Å²) in [6.45, 7) is 1.12. The van der Waals surface area contributed by atoms with Gasteiger partial charge >= 0.3 is 0 Å². The lowest BCUT2D eigenvalue weighted by molar-refractivity contribution is -0.130. The predicted octanol–water partition coefficient (Wildman–Crippen LogP) is 3.20. The van der Waals surface area contributed by atoms with Gasteiger partial charge in [-0.25, -0.2) is 0 Å². The predicted molar refractivity (Wildman–Crippen MR) is 129 cm³/mol. The fraction of sp³-hybridized carbons (Fsp3) is 0.296. The largest absolute Gasteiger partial charge is 0.497 e. The summed E-state index contributed by atoms with van der Waals surface area (Å²) in [5.74, 6) is 0.596. The van der Waals surface area contributed by atoms with Crippen LogP contribution >= 0.6 is 0 Å². The normalized spacial score (nSPS) is 17.3. The van der Waals surface area contributed by atoms with Gasteiger partial charge in [-0.15, -0.1) is 0 Å². The van der Waals surface area contributed by atoms with Gasteiger partial charge in [0.15, 0.2) is 0 Å². The first-order chi connectivity index (χ1) is 16.6. The van der Waals surface area contributed by atoms with Gasteiger partial charge in [0.2, 0.25) is 11.8 Å². The van der Waals surface area contributed by atoms with Crippen molar-refractivity contribution in [2.24, 2.45) is 5.92 Å². The van der Waals surface area contributed by atoms with Gasteiger partial charge in [-0.1, -0.05) is 42.5 Å². The Hall–Kier alpha value is -3.87.